The first-order valence-corrected chi connectivity index (χ1v) is 8.98. The third kappa shape index (κ3) is 2.59. The van der Waals surface area contributed by atoms with Crippen molar-refractivity contribution in [2.24, 2.45) is 0 Å². The second kappa shape index (κ2) is 5.98. The van der Waals surface area contributed by atoms with Crippen molar-refractivity contribution in [2.75, 3.05) is 24.6 Å². The van der Waals surface area contributed by atoms with Crippen molar-refractivity contribution in [1.29, 1.82) is 0 Å². The first-order valence-electron chi connectivity index (χ1n) is 8.03. The number of hydrogen-bond donors (Lipinski definition) is 0. The molecule has 1 unspecified atom stereocenters. The lowest BCUT2D eigenvalue weighted by molar-refractivity contribution is 0.0254. The molecule has 0 spiro atoms. The number of morpholine rings is 1. The van der Waals surface area contributed by atoms with Gasteiger partial charge in [0.25, 0.3) is 0 Å². The molecule has 4 aromatic rings. The molecule has 1 fully saturated rings. The van der Waals surface area contributed by atoms with E-state index in [0.717, 1.165) is 35.2 Å². The van der Waals surface area contributed by atoms with Gasteiger partial charge in [-0.15, -0.1) is 15.3 Å². The van der Waals surface area contributed by atoms with E-state index in [4.69, 9.17) is 14.3 Å². The zero-order valence-corrected chi connectivity index (χ0v) is 14.1. The molecule has 5 heterocycles. The zero-order chi connectivity index (χ0) is 16.6. The Labute approximate surface area is 147 Å². The summed E-state index contributed by atoms with van der Waals surface area (Å²) in [4.78, 5) is 2.20. The quantitative estimate of drug-likeness (QED) is 0.564. The van der Waals surface area contributed by atoms with Crippen LogP contribution in [0.1, 0.15) is 11.9 Å². The molecule has 0 saturated carbocycles. The Kier molecular flexibility index (Phi) is 3.50. The van der Waals surface area contributed by atoms with Crippen LogP contribution in [-0.4, -0.2) is 39.5 Å². The highest BCUT2D eigenvalue weighted by atomic mass is 32.1. The second-order valence-electron chi connectivity index (χ2n) is 5.82. The molecule has 7 nitrogen and oxygen atoms in total. The minimum atomic E-state index is -0.0847. The van der Waals surface area contributed by atoms with Crippen molar-refractivity contribution in [3.8, 4) is 11.4 Å². The van der Waals surface area contributed by atoms with Gasteiger partial charge in [-0.25, -0.2) is 0 Å². The van der Waals surface area contributed by atoms with Crippen molar-refractivity contribution in [2.45, 2.75) is 6.10 Å². The van der Waals surface area contributed by atoms with Crippen LogP contribution in [0.25, 0.3) is 17.0 Å². The van der Waals surface area contributed by atoms with Crippen molar-refractivity contribution in [3.05, 3.63) is 53.1 Å². The lowest BCUT2D eigenvalue weighted by Crippen LogP contribution is -2.39. The molecule has 0 aliphatic carbocycles. The highest BCUT2D eigenvalue weighted by molar-refractivity contribution is 7.08. The van der Waals surface area contributed by atoms with Crippen LogP contribution in [0.2, 0.25) is 0 Å². The molecule has 0 amide bonds. The molecular weight excluding hydrogens is 338 g/mol. The summed E-state index contributed by atoms with van der Waals surface area (Å²) in [6.07, 6.45) is 1.59. The van der Waals surface area contributed by atoms with Crippen LogP contribution in [0.5, 0.6) is 0 Å². The van der Waals surface area contributed by atoms with Crippen LogP contribution in [0.15, 0.2) is 51.8 Å². The summed E-state index contributed by atoms with van der Waals surface area (Å²) >= 11 is 1.63. The molecule has 1 aliphatic rings. The Balaban J connectivity index is 1.49. The van der Waals surface area contributed by atoms with Gasteiger partial charge in [0, 0.05) is 17.5 Å². The number of furan rings is 1. The first kappa shape index (κ1) is 14.6. The summed E-state index contributed by atoms with van der Waals surface area (Å²) in [5, 5.41) is 17.3. The molecule has 0 bridgehead atoms. The normalized spacial score (nSPS) is 18.1. The molecule has 0 N–H and O–H groups in total. The monoisotopic (exact) mass is 353 g/mol. The SMILES string of the molecule is c1coc(C2CN(c3ccc4nnc(-c5ccsc5)n4n3)CCO2)c1. The fourth-order valence-corrected chi connectivity index (χ4v) is 3.66. The van der Waals surface area contributed by atoms with Crippen LogP contribution in [0, 0.1) is 0 Å². The van der Waals surface area contributed by atoms with E-state index in [-0.39, 0.29) is 6.10 Å². The van der Waals surface area contributed by atoms with Gasteiger partial charge in [-0.3, -0.25) is 0 Å². The standard InChI is InChI=1S/C17H15N5O2S/c1-2-13(23-7-1)14-10-21(6-8-24-14)16-4-3-15-18-19-17(22(15)20-16)12-5-9-25-11-12/h1-5,7,9,11,14H,6,8,10H2. The molecule has 4 aromatic heterocycles. The van der Waals surface area contributed by atoms with Gasteiger partial charge < -0.3 is 14.1 Å². The Morgan fingerprint density at radius 2 is 2.16 bits per heavy atom. The van der Waals surface area contributed by atoms with E-state index < -0.39 is 0 Å². The third-order valence-electron chi connectivity index (χ3n) is 4.28. The molecule has 1 saturated heterocycles. The molecule has 5 rings (SSSR count). The van der Waals surface area contributed by atoms with Gasteiger partial charge in [-0.05, 0) is 35.7 Å². The van der Waals surface area contributed by atoms with E-state index >= 15 is 0 Å². The predicted octanol–water partition coefficient (Wildman–Crippen LogP) is 3.02. The Bertz CT molecular complexity index is 980. The Hall–Kier alpha value is -2.71. The fourth-order valence-electron chi connectivity index (χ4n) is 3.02. The van der Waals surface area contributed by atoms with Crippen LogP contribution < -0.4 is 4.90 Å². The third-order valence-corrected chi connectivity index (χ3v) is 4.96. The molecule has 0 aromatic carbocycles. The maximum absolute atomic E-state index is 5.84. The second-order valence-corrected chi connectivity index (χ2v) is 6.60. The zero-order valence-electron chi connectivity index (χ0n) is 13.3. The van der Waals surface area contributed by atoms with Crippen molar-refractivity contribution in [3.63, 3.8) is 0 Å². The van der Waals surface area contributed by atoms with Gasteiger partial charge in [0.15, 0.2) is 11.5 Å². The van der Waals surface area contributed by atoms with Crippen LogP contribution in [0.3, 0.4) is 0 Å². The Morgan fingerprint density at radius 1 is 1.16 bits per heavy atom. The number of rotatable bonds is 3. The predicted molar refractivity (Wildman–Crippen MR) is 93.7 cm³/mol. The number of nitrogens with zero attached hydrogens (tertiary/aromatic N) is 5. The van der Waals surface area contributed by atoms with Crippen molar-refractivity contribution < 1.29 is 9.15 Å². The summed E-state index contributed by atoms with van der Waals surface area (Å²) in [5.41, 5.74) is 1.76. The molecule has 1 atom stereocenters. The van der Waals surface area contributed by atoms with Gasteiger partial charge in [0.05, 0.1) is 19.4 Å². The molecule has 1 aliphatic heterocycles. The minimum absolute atomic E-state index is 0.0847. The molecule has 126 valence electrons. The number of thiophene rings is 1. The maximum Gasteiger partial charge on any atom is 0.186 e. The number of hydrogen-bond acceptors (Lipinski definition) is 7. The van der Waals surface area contributed by atoms with E-state index in [1.807, 2.05) is 41.1 Å². The number of ether oxygens (including phenoxy) is 1. The van der Waals surface area contributed by atoms with Crippen LogP contribution in [-0.2, 0) is 4.74 Å². The largest absolute Gasteiger partial charge is 0.467 e. The van der Waals surface area contributed by atoms with Gasteiger partial charge in [-0.1, -0.05) is 0 Å². The topological polar surface area (TPSA) is 68.7 Å². The van der Waals surface area contributed by atoms with E-state index in [2.05, 4.69) is 15.1 Å². The average Bonchev–Trinajstić information content (AvgIpc) is 3.41. The van der Waals surface area contributed by atoms with Gasteiger partial charge in [0.2, 0.25) is 0 Å². The summed E-state index contributed by atoms with van der Waals surface area (Å²) in [5.74, 6) is 2.48. The number of aromatic nitrogens is 4. The highest BCUT2D eigenvalue weighted by Gasteiger charge is 2.25. The summed E-state index contributed by atoms with van der Waals surface area (Å²) in [6.45, 7) is 2.11. The Morgan fingerprint density at radius 3 is 3.00 bits per heavy atom. The van der Waals surface area contributed by atoms with E-state index in [1.165, 1.54) is 0 Å². The summed E-state index contributed by atoms with van der Waals surface area (Å²) in [6, 6.07) is 9.77. The van der Waals surface area contributed by atoms with E-state index in [1.54, 1.807) is 22.1 Å². The van der Waals surface area contributed by atoms with E-state index in [0.29, 0.717) is 13.2 Å². The lowest BCUT2D eigenvalue weighted by Gasteiger charge is -2.32. The van der Waals surface area contributed by atoms with E-state index in [9.17, 15) is 0 Å². The van der Waals surface area contributed by atoms with Crippen molar-refractivity contribution in [1.82, 2.24) is 19.8 Å². The van der Waals surface area contributed by atoms with Crippen LogP contribution in [0.4, 0.5) is 5.82 Å². The van der Waals surface area contributed by atoms with Crippen molar-refractivity contribution >= 4 is 22.8 Å². The summed E-state index contributed by atoms with van der Waals surface area (Å²) < 4.78 is 13.1. The van der Waals surface area contributed by atoms with Gasteiger partial charge >= 0.3 is 0 Å². The first-order chi connectivity index (χ1) is 12.4. The fraction of sp³-hybridized carbons (Fsp3) is 0.235. The number of fused-ring (bicyclic) bond motifs is 1. The number of anilines is 1. The molecule has 25 heavy (non-hydrogen) atoms. The lowest BCUT2D eigenvalue weighted by atomic mass is 10.2. The van der Waals surface area contributed by atoms with Crippen LogP contribution >= 0.6 is 11.3 Å². The van der Waals surface area contributed by atoms with Gasteiger partial charge in [-0.2, -0.15) is 15.9 Å². The average molecular weight is 353 g/mol. The van der Waals surface area contributed by atoms with Gasteiger partial charge in [0.1, 0.15) is 17.7 Å². The summed E-state index contributed by atoms with van der Waals surface area (Å²) in [7, 11) is 0. The highest BCUT2D eigenvalue weighted by Crippen LogP contribution is 2.26. The molecule has 0 radical (unpaired) electrons. The minimum Gasteiger partial charge on any atom is -0.467 e. The molecular formula is C17H15N5O2S. The smallest absolute Gasteiger partial charge is 0.186 e. The molecule has 8 heteroatoms. The maximum atomic E-state index is 5.84.